The summed E-state index contributed by atoms with van der Waals surface area (Å²) in [5.74, 6) is 0.0361. The first-order valence-electron chi connectivity index (χ1n) is 4.88. The predicted molar refractivity (Wildman–Crippen MR) is 57.2 cm³/mol. The van der Waals surface area contributed by atoms with E-state index in [-0.39, 0.29) is 10.8 Å². The summed E-state index contributed by atoms with van der Waals surface area (Å²) in [6.45, 7) is 1.54. The number of rotatable bonds is 2. The molecule has 1 aliphatic heterocycles. The number of nitrogens with two attached hydrogens (primary N) is 1. The van der Waals surface area contributed by atoms with Crippen molar-refractivity contribution in [1.82, 2.24) is 13.9 Å². The number of anilines is 1. The van der Waals surface area contributed by atoms with Gasteiger partial charge in [-0.25, -0.2) is 13.4 Å². The third-order valence-corrected chi connectivity index (χ3v) is 4.49. The minimum absolute atomic E-state index is 0.0361. The highest BCUT2D eigenvalue weighted by molar-refractivity contribution is 7.89. The molecule has 1 fully saturated rings. The molecular weight excluding hydrogens is 232 g/mol. The molecule has 0 radical (unpaired) electrons. The first-order chi connectivity index (χ1) is 7.53. The van der Waals surface area contributed by atoms with Crippen LogP contribution in [0.5, 0.6) is 0 Å². The lowest BCUT2D eigenvalue weighted by molar-refractivity contribution is 0.0728. The van der Waals surface area contributed by atoms with E-state index in [4.69, 9.17) is 10.5 Å². The first-order valence-corrected chi connectivity index (χ1v) is 6.32. The fraction of sp³-hybridized carbons (Fsp3) is 0.625. The Morgan fingerprint density at radius 3 is 2.56 bits per heavy atom. The molecule has 1 aromatic heterocycles. The van der Waals surface area contributed by atoms with Crippen molar-refractivity contribution in [3.8, 4) is 0 Å². The molecule has 16 heavy (non-hydrogen) atoms. The van der Waals surface area contributed by atoms with Crippen molar-refractivity contribution < 1.29 is 13.2 Å². The van der Waals surface area contributed by atoms with E-state index in [0.29, 0.717) is 26.3 Å². The summed E-state index contributed by atoms with van der Waals surface area (Å²) >= 11 is 0. The maximum atomic E-state index is 12.2. The van der Waals surface area contributed by atoms with Crippen molar-refractivity contribution in [3.63, 3.8) is 0 Å². The summed E-state index contributed by atoms with van der Waals surface area (Å²) in [4.78, 5) is 3.78. The van der Waals surface area contributed by atoms with Crippen molar-refractivity contribution in [2.45, 2.75) is 5.03 Å². The van der Waals surface area contributed by atoms with E-state index in [1.807, 2.05) is 0 Å². The molecular formula is C8H14N4O3S. The monoisotopic (exact) mass is 246 g/mol. The SMILES string of the molecule is Cn1cnc(N)c1S(=O)(=O)N1CCOCC1. The van der Waals surface area contributed by atoms with Crippen LogP contribution in [0.25, 0.3) is 0 Å². The summed E-state index contributed by atoms with van der Waals surface area (Å²) in [5.41, 5.74) is 5.57. The van der Waals surface area contributed by atoms with E-state index in [1.165, 1.54) is 15.2 Å². The van der Waals surface area contributed by atoms with Gasteiger partial charge in [-0.2, -0.15) is 4.31 Å². The molecule has 0 aromatic carbocycles. The zero-order valence-electron chi connectivity index (χ0n) is 8.96. The fourth-order valence-corrected chi connectivity index (χ4v) is 3.26. The Labute approximate surface area is 93.9 Å². The molecule has 0 saturated carbocycles. The van der Waals surface area contributed by atoms with Crippen molar-refractivity contribution in [3.05, 3.63) is 6.33 Å². The van der Waals surface area contributed by atoms with Crippen LogP contribution in [0.15, 0.2) is 11.4 Å². The lowest BCUT2D eigenvalue weighted by Gasteiger charge is -2.26. The molecule has 2 rings (SSSR count). The van der Waals surface area contributed by atoms with Crippen LogP contribution in [0.3, 0.4) is 0 Å². The number of aromatic nitrogens is 2. The normalized spacial score (nSPS) is 18.8. The first kappa shape index (κ1) is 11.4. The molecule has 0 amide bonds. The molecule has 1 aromatic rings. The number of sulfonamides is 1. The molecule has 0 aliphatic carbocycles. The van der Waals surface area contributed by atoms with Gasteiger partial charge >= 0.3 is 0 Å². The maximum absolute atomic E-state index is 12.2. The molecule has 0 atom stereocenters. The Bertz CT molecular complexity index is 456. The minimum Gasteiger partial charge on any atom is -0.381 e. The molecule has 8 heteroatoms. The molecule has 90 valence electrons. The van der Waals surface area contributed by atoms with Crippen LogP contribution in [-0.2, 0) is 21.8 Å². The molecule has 2 heterocycles. The van der Waals surface area contributed by atoms with E-state index in [0.717, 1.165) is 0 Å². The zero-order chi connectivity index (χ0) is 11.8. The van der Waals surface area contributed by atoms with Gasteiger partial charge in [-0.1, -0.05) is 0 Å². The van der Waals surface area contributed by atoms with Crippen LogP contribution in [0.1, 0.15) is 0 Å². The van der Waals surface area contributed by atoms with E-state index >= 15 is 0 Å². The van der Waals surface area contributed by atoms with Gasteiger partial charge in [0, 0.05) is 20.1 Å². The van der Waals surface area contributed by atoms with Crippen LogP contribution >= 0.6 is 0 Å². The quantitative estimate of drug-likeness (QED) is 0.724. The second-order valence-electron chi connectivity index (χ2n) is 3.56. The Morgan fingerprint density at radius 1 is 1.44 bits per heavy atom. The number of imidazole rings is 1. The Kier molecular flexibility index (Phi) is 2.87. The van der Waals surface area contributed by atoms with Crippen LogP contribution in [-0.4, -0.2) is 48.6 Å². The average molecular weight is 246 g/mol. The van der Waals surface area contributed by atoms with Gasteiger partial charge in [0.2, 0.25) is 0 Å². The summed E-state index contributed by atoms with van der Waals surface area (Å²) in [7, 11) is -1.94. The lowest BCUT2D eigenvalue weighted by Crippen LogP contribution is -2.41. The molecule has 0 bridgehead atoms. The second-order valence-corrected chi connectivity index (χ2v) is 5.42. The number of ether oxygens (including phenoxy) is 1. The molecule has 0 spiro atoms. The summed E-state index contributed by atoms with van der Waals surface area (Å²) < 4.78 is 32.3. The zero-order valence-corrected chi connectivity index (χ0v) is 9.77. The fourth-order valence-electron chi connectivity index (χ4n) is 1.66. The van der Waals surface area contributed by atoms with Crippen molar-refractivity contribution in [2.24, 2.45) is 7.05 Å². The topological polar surface area (TPSA) is 90.5 Å². The van der Waals surface area contributed by atoms with Crippen molar-refractivity contribution >= 4 is 15.8 Å². The summed E-state index contributed by atoms with van der Waals surface area (Å²) in [5, 5.41) is 0.0504. The van der Waals surface area contributed by atoms with Gasteiger partial charge < -0.3 is 15.0 Å². The lowest BCUT2D eigenvalue weighted by atomic mass is 10.5. The van der Waals surface area contributed by atoms with E-state index in [9.17, 15) is 8.42 Å². The highest BCUT2D eigenvalue weighted by atomic mass is 32.2. The summed E-state index contributed by atoms with van der Waals surface area (Å²) in [6.07, 6.45) is 1.39. The third kappa shape index (κ3) is 1.79. The molecule has 1 aliphatic rings. The van der Waals surface area contributed by atoms with Gasteiger partial charge in [0.15, 0.2) is 10.8 Å². The highest BCUT2D eigenvalue weighted by Crippen LogP contribution is 2.21. The average Bonchev–Trinajstić information content (AvgIpc) is 2.60. The van der Waals surface area contributed by atoms with Crippen LogP contribution in [0.2, 0.25) is 0 Å². The van der Waals surface area contributed by atoms with Gasteiger partial charge in [-0.15, -0.1) is 0 Å². The Balaban J connectivity index is 2.38. The number of hydrogen-bond donors (Lipinski definition) is 1. The largest absolute Gasteiger partial charge is 0.381 e. The molecule has 0 unspecified atom stereocenters. The van der Waals surface area contributed by atoms with Crippen LogP contribution < -0.4 is 5.73 Å². The molecule has 1 saturated heterocycles. The number of nitrogens with zero attached hydrogens (tertiary/aromatic N) is 3. The third-order valence-electron chi connectivity index (χ3n) is 2.46. The smallest absolute Gasteiger partial charge is 0.262 e. The summed E-state index contributed by atoms with van der Waals surface area (Å²) in [6, 6.07) is 0. The molecule has 2 N–H and O–H groups in total. The van der Waals surface area contributed by atoms with Crippen LogP contribution in [0.4, 0.5) is 5.82 Å². The van der Waals surface area contributed by atoms with Gasteiger partial charge in [0.1, 0.15) is 0 Å². The van der Waals surface area contributed by atoms with E-state index in [2.05, 4.69) is 4.98 Å². The van der Waals surface area contributed by atoms with Gasteiger partial charge in [-0.05, 0) is 0 Å². The number of hydrogen-bond acceptors (Lipinski definition) is 5. The van der Waals surface area contributed by atoms with Crippen molar-refractivity contribution in [2.75, 3.05) is 32.0 Å². The van der Waals surface area contributed by atoms with Gasteiger partial charge in [0.25, 0.3) is 10.0 Å². The number of morpholine rings is 1. The van der Waals surface area contributed by atoms with Gasteiger partial charge in [-0.3, -0.25) is 0 Å². The highest BCUT2D eigenvalue weighted by Gasteiger charge is 2.30. The maximum Gasteiger partial charge on any atom is 0.262 e. The van der Waals surface area contributed by atoms with E-state index < -0.39 is 10.0 Å². The molecule has 7 nitrogen and oxygen atoms in total. The van der Waals surface area contributed by atoms with Gasteiger partial charge in [0.05, 0.1) is 19.5 Å². The number of aryl methyl sites for hydroxylation is 1. The Hall–Kier alpha value is -1.12. The minimum atomic E-state index is -3.55. The van der Waals surface area contributed by atoms with E-state index in [1.54, 1.807) is 7.05 Å². The van der Waals surface area contributed by atoms with Crippen LogP contribution in [0, 0.1) is 0 Å². The second kappa shape index (κ2) is 4.04. The predicted octanol–water partition coefficient (Wildman–Crippen LogP) is -0.977. The Morgan fingerprint density at radius 2 is 2.06 bits per heavy atom. The van der Waals surface area contributed by atoms with Crippen molar-refractivity contribution in [1.29, 1.82) is 0 Å². The standard InChI is InChI=1S/C8H14N4O3S/c1-11-6-10-7(9)8(11)16(13,14)12-2-4-15-5-3-12/h6H,2-5,9H2,1H3. The number of nitrogen functional groups attached to an aromatic ring is 1.